The van der Waals surface area contributed by atoms with Crippen molar-refractivity contribution >= 4 is 0 Å². The normalized spacial score (nSPS) is 16.0. The maximum atomic E-state index is 6.13. The van der Waals surface area contributed by atoms with Crippen molar-refractivity contribution in [2.45, 2.75) is 122 Å². The quantitative estimate of drug-likeness (QED) is 0.151. The number of hydrogen-bond donors (Lipinski definition) is 0. The van der Waals surface area contributed by atoms with E-state index in [0.717, 1.165) is 53.4 Å². The summed E-state index contributed by atoms with van der Waals surface area (Å²) in [6.07, 6.45) is 26.2. The minimum Gasteiger partial charge on any atom is -0.451 e. The van der Waals surface area contributed by atoms with Crippen LogP contribution in [0.15, 0.2) is 54.9 Å². The Morgan fingerprint density at radius 2 is 1.25 bits per heavy atom. The predicted octanol–water partition coefficient (Wildman–Crippen LogP) is 10.3. The van der Waals surface area contributed by atoms with Crippen molar-refractivity contribution in [2.75, 3.05) is 0 Å². The maximum absolute atomic E-state index is 6.13. The van der Waals surface area contributed by atoms with Crippen molar-refractivity contribution in [1.82, 2.24) is 9.97 Å². The van der Waals surface area contributed by atoms with Gasteiger partial charge in [-0.15, -0.1) is 0 Å². The molecule has 1 saturated carbocycles. The van der Waals surface area contributed by atoms with E-state index in [0.29, 0.717) is 5.82 Å². The largest absolute Gasteiger partial charge is 0.451 e. The summed E-state index contributed by atoms with van der Waals surface area (Å²) in [6, 6.07) is 14.9. The minimum absolute atomic E-state index is 0.175. The summed E-state index contributed by atoms with van der Waals surface area (Å²) in [6.45, 7) is 2.26. The third-order valence-electron chi connectivity index (χ3n) is 8.48. The molecule has 1 fully saturated rings. The average molecular weight is 541 g/mol. The number of aryl methyl sites for hydroxylation is 1. The van der Waals surface area contributed by atoms with Crippen LogP contribution >= 0.6 is 0 Å². The fourth-order valence-corrected chi connectivity index (χ4v) is 5.72. The predicted molar refractivity (Wildman–Crippen MR) is 165 cm³/mol. The second kappa shape index (κ2) is 15.2. The van der Waals surface area contributed by atoms with Gasteiger partial charge in [-0.1, -0.05) is 115 Å². The summed E-state index contributed by atoms with van der Waals surface area (Å²) in [5.74, 6) is 3.42. The van der Waals surface area contributed by atoms with Crippen molar-refractivity contribution < 1.29 is 9.47 Å². The summed E-state index contributed by atoms with van der Waals surface area (Å²) in [5, 5.41) is 0. The van der Waals surface area contributed by atoms with E-state index in [4.69, 9.17) is 9.47 Å². The number of ether oxygens (including phenoxy) is 2. The van der Waals surface area contributed by atoms with E-state index in [2.05, 4.69) is 41.2 Å². The van der Waals surface area contributed by atoms with Gasteiger partial charge in [0.05, 0.1) is 0 Å². The summed E-state index contributed by atoms with van der Waals surface area (Å²) in [4.78, 5) is 9.34. The molecule has 2 heterocycles. The molecular formula is C36H48N2O2. The van der Waals surface area contributed by atoms with Crippen LogP contribution in [0.5, 0.6) is 11.5 Å². The van der Waals surface area contributed by atoms with Crippen molar-refractivity contribution in [3.05, 3.63) is 60.4 Å². The highest BCUT2D eigenvalue weighted by atomic mass is 16.7. The first-order valence-corrected chi connectivity index (χ1v) is 16.2. The van der Waals surface area contributed by atoms with Crippen molar-refractivity contribution in [1.29, 1.82) is 0 Å². The Balaban J connectivity index is 1.03. The summed E-state index contributed by atoms with van der Waals surface area (Å²) in [7, 11) is 0. The van der Waals surface area contributed by atoms with Gasteiger partial charge >= 0.3 is 0 Å². The van der Waals surface area contributed by atoms with Crippen molar-refractivity contribution in [2.24, 2.45) is 5.92 Å². The van der Waals surface area contributed by atoms with Crippen molar-refractivity contribution in [3.8, 4) is 34.0 Å². The molecule has 0 saturated heterocycles. The Morgan fingerprint density at radius 3 is 1.98 bits per heavy atom. The van der Waals surface area contributed by atoms with Crippen LogP contribution in [0.1, 0.15) is 115 Å². The zero-order valence-electron chi connectivity index (χ0n) is 24.6. The Bertz CT molecular complexity index is 1150. The van der Waals surface area contributed by atoms with E-state index in [1.54, 1.807) is 0 Å². The fourth-order valence-electron chi connectivity index (χ4n) is 5.72. The number of unbranched alkanes of at least 4 members (excludes halogenated alkanes) is 10. The third-order valence-corrected chi connectivity index (χ3v) is 8.48. The molecule has 1 aliphatic heterocycles. The van der Waals surface area contributed by atoms with Crippen LogP contribution in [-0.2, 0) is 6.42 Å². The van der Waals surface area contributed by atoms with E-state index in [-0.39, 0.29) is 6.29 Å². The third kappa shape index (κ3) is 8.81. The van der Waals surface area contributed by atoms with E-state index >= 15 is 0 Å². The van der Waals surface area contributed by atoms with Crippen molar-refractivity contribution in [3.63, 3.8) is 0 Å². The molecule has 0 bridgehead atoms. The maximum Gasteiger partial charge on any atom is 0.241 e. The number of hydrogen-bond acceptors (Lipinski definition) is 4. The lowest BCUT2D eigenvalue weighted by atomic mass is 10.0. The topological polar surface area (TPSA) is 44.2 Å². The van der Waals surface area contributed by atoms with Crippen LogP contribution < -0.4 is 9.47 Å². The number of benzene rings is 2. The lowest BCUT2D eigenvalue weighted by Gasteiger charge is -2.09. The highest BCUT2D eigenvalue weighted by Crippen LogP contribution is 2.39. The van der Waals surface area contributed by atoms with E-state index in [1.165, 1.54) is 95.5 Å². The molecule has 0 amide bonds. The number of aromatic nitrogens is 2. The van der Waals surface area contributed by atoms with E-state index in [1.807, 2.05) is 30.6 Å². The second-order valence-electron chi connectivity index (χ2n) is 12.0. The molecule has 1 atom stereocenters. The summed E-state index contributed by atoms with van der Waals surface area (Å²) < 4.78 is 12.2. The summed E-state index contributed by atoms with van der Waals surface area (Å²) >= 11 is 0. The number of nitrogens with zero attached hydrogens (tertiary/aromatic N) is 2. The van der Waals surface area contributed by atoms with Gasteiger partial charge < -0.3 is 9.47 Å². The van der Waals surface area contributed by atoms with Gasteiger partial charge in [0.2, 0.25) is 6.29 Å². The molecule has 2 aliphatic rings. The first-order valence-electron chi connectivity index (χ1n) is 16.2. The molecule has 1 aromatic heterocycles. The molecule has 2 aromatic carbocycles. The average Bonchev–Trinajstić information content (AvgIpc) is 3.73. The highest BCUT2D eigenvalue weighted by molar-refractivity contribution is 5.65. The molecule has 1 unspecified atom stereocenters. The molecule has 4 nitrogen and oxygen atoms in total. The minimum atomic E-state index is -0.175. The number of fused-ring (bicyclic) bond motifs is 1. The lowest BCUT2D eigenvalue weighted by Crippen LogP contribution is -2.17. The Kier molecular flexibility index (Phi) is 10.9. The van der Waals surface area contributed by atoms with Crippen LogP contribution in [0.4, 0.5) is 0 Å². The van der Waals surface area contributed by atoms with Gasteiger partial charge in [-0.25, -0.2) is 9.97 Å². The van der Waals surface area contributed by atoms with Crippen LogP contribution in [0.3, 0.4) is 0 Å². The van der Waals surface area contributed by atoms with Gasteiger partial charge in [0.1, 0.15) is 0 Å². The standard InChI is InChI=1S/C36H48N2O2/c1-2-3-4-8-11-15-29-19-21-30(22-20-29)32-26-37-36(38-27-32)31-23-24-33-34(25-31)40-35(39-33)16-13-10-7-5-6-9-12-14-28-17-18-28/h19-28,35H,2-18H2,1H3. The zero-order chi connectivity index (χ0) is 27.4. The SMILES string of the molecule is CCCCCCCc1ccc(-c2cnc(-c3ccc4c(c3)OC(CCCCCCCCCC3CC3)O4)nc2)cc1. The molecule has 0 radical (unpaired) electrons. The van der Waals surface area contributed by atoms with Crippen LogP contribution in [-0.4, -0.2) is 16.3 Å². The van der Waals surface area contributed by atoms with Gasteiger partial charge in [0.25, 0.3) is 0 Å². The Labute approximate surface area is 241 Å². The fraction of sp³-hybridized carbons (Fsp3) is 0.556. The molecule has 1 aliphatic carbocycles. The molecular weight excluding hydrogens is 492 g/mol. The molecule has 0 N–H and O–H groups in total. The Morgan fingerprint density at radius 1 is 0.625 bits per heavy atom. The Hall–Kier alpha value is -2.88. The molecule has 40 heavy (non-hydrogen) atoms. The number of rotatable bonds is 18. The second-order valence-corrected chi connectivity index (χ2v) is 12.0. The molecule has 4 heteroatoms. The summed E-state index contributed by atoms with van der Waals surface area (Å²) in [5.41, 5.74) is 4.56. The van der Waals surface area contributed by atoms with Gasteiger partial charge in [0, 0.05) is 29.9 Å². The monoisotopic (exact) mass is 540 g/mol. The van der Waals surface area contributed by atoms with Crippen LogP contribution in [0, 0.1) is 5.92 Å². The first kappa shape index (κ1) is 28.6. The van der Waals surface area contributed by atoms with E-state index in [9.17, 15) is 0 Å². The molecule has 5 rings (SSSR count). The smallest absolute Gasteiger partial charge is 0.241 e. The van der Waals surface area contributed by atoms with Gasteiger partial charge in [-0.2, -0.15) is 0 Å². The molecule has 0 spiro atoms. The lowest BCUT2D eigenvalue weighted by molar-refractivity contribution is 0.0395. The van der Waals surface area contributed by atoms with Gasteiger partial charge in [0.15, 0.2) is 17.3 Å². The van der Waals surface area contributed by atoms with Crippen LogP contribution in [0.2, 0.25) is 0 Å². The van der Waals surface area contributed by atoms with Gasteiger partial charge in [-0.05, 0) is 54.5 Å². The van der Waals surface area contributed by atoms with E-state index < -0.39 is 0 Å². The highest BCUT2D eigenvalue weighted by Gasteiger charge is 2.24. The first-order chi connectivity index (χ1) is 19.8. The van der Waals surface area contributed by atoms with Gasteiger partial charge in [-0.3, -0.25) is 0 Å². The zero-order valence-corrected chi connectivity index (χ0v) is 24.6. The molecule has 214 valence electrons. The molecule has 3 aromatic rings. The van der Waals surface area contributed by atoms with Crippen LogP contribution in [0.25, 0.3) is 22.5 Å².